The molecule has 0 aromatic heterocycles. The number of esters is 4. The van der Waals surface area contributed by atoms with E-state index in [0.29, 0.717) is 0 Å². The number of hydrogen-bond donors (Lipinski definition) is 11. The predicted molar refractivity (Wildman–Crippen MR) is 240 cm³/mol. The molecular weight excluding hydrogens is 909 g/mol. The maximum absolute atomic E-state index is 11.4. The molecule has 2 aromatic rings. The molecule has 0 saturated heterocycles. The Balaban J connectivity index is -0.000000755. The van der Waals surface area contributed by atoms with Crippen molar-refractivity contribution in [1.29, 1.82) is 0 Å². The van der Waals surface area contributed by atoms with Crippen LogP contribution in [0.5, 0.6) is 0 Å². The van der Waals surface area contributed by atoms with Crippen LogP contribution < -0.4 is 0 Å². The van der Waals surface area contributed by atoms with Gasteiger partial charge < -0.3 is 44.5 Å². The molecule has 0 atom stereocenters. The predicted octanol–water partition coefficient (Wildman–Crippen LogP) is 2.21. The fourth-order valence-corrected chi connectivity index (χ4v) is 3.76. The molecule has 17 nitrogen and oxygen atoms in total. The van der Waals surface area contributed by atoms with E-state index < -0.39 is 77.2 Å². The third-order valence-corrected chi connectivity index (χ3v) is 8.93. The molecule has 0 heterocycles. The van der Waals surface area contributed by atoms with E-state index in [1.807, 2.05) is 25.1 Å². The van der Waals surface area contributed by atoms with Crippen molar-refractivity contribution in [3.05, 3.63) is 65.7 Å². The average Bonchev–Trinajstić information content (AvgIpc) is 4.15. The number of aliphatic hydroxyl groups is 4. The Kier molecular flexibility index (Phi) is 37.9. The molecule has 6 N–H and O–H groups in total. The molecule has 0 radical (unpaired) electrons. The van der Waals surface area contributed by atoms with Gasteiger partial charge >= 0.3 is 29.8 Å². The lowest BCUT2D eigenvalue weighted by molar-refractivity contribution is -0.167. The largest absolute Gasteiger partial charge is 0.481 e. The first-order valence-electron chi connectivity index (χ1n) is 17.6. The van der Waals surface area contributed by atoms with Gasteiger partial charge in [-0.2, -0.15) is 71.6 Å². The Morgan fingerprint density at radius 2 is 0.817 bits per heavy atom. The molecular formula is C37H58O17S6. The molecule has 0 spiro atoms. The maximum atomic E-state index is 11.4. The Hall–Kier alpha value is -2.71. The van der Waals surface area contributed by atoms with Crippen LogP contribution in [0.1, 0.15) is 30.4 Å². The van der Waals surface area contributed by atoms with Crippen molar-refractivity contribution in [2.24, 2.45) is 10.8 Å². The first-order valence-corrected chi connectivity index (χ1v) is 22.2. The molecule has 0 amide bonds. The van der Waals surface area contributed by atoms with Crippen LogP contribution in [0.25, 0.3) is 0 Å². The van der Waals surface area contributed by atoms with Gasteiger partial charge in [0.05, 0.1) is 65.5 Å². The van der Waals surface area contributed by atoms with E-state index in [2.05, 4.69) is 82.2 Å². The third kappa shape index (κ3) is 34.9. The molecule has 1 aliphatic rings. The van der Waals surface area contributed by atoms with Gasteiger partial charge in [-0.1, -0.05) is 72.9 Å². The van der Waals surface area contributed by atoms with Gasteiger partial charge in [0.2, 0.25) is 0 Å². The fraction of sp³-hybridized carbons (Fsp3) is 0.541. The second-order valence-electron chi connectivity index (χ2n) is 12.5. The zero-order chi connectivity index (χ0) is 46.6. The number of aliphatic hydroxyl groups excluding tert-OH is 4. The summed E-state index contributed by atoms with van der Waals surface area (Å²) in [5.74, 6) is -4.27. The summed E-state index contributed by atoms with van der Waals surface area (Å²) in [5.41, 5.74) is -0.117. The Morgan fingerprint density at radius 3 is 0.983 bits per heavy atom. The number of carbonyl (C=O) groups is 5. The highest BCUT2D eigenvalue weighted by Gasteiger charge is 2.37. The van der Waals surface area contributed by atoms with Crippen LogP contribution in [0, 0.1) is 24.7 Å². The van der Waals surface area contributed by atoms with Crippen LogP contribution >= 0.6 is 63.1 Å². The molecule has 344 valence electrons. The number of carbonyl (C=O) groups excluding carboxylic acids is 4. The molecule has 0 bridgehead atoms. The topological polar surface area (TPSA) is 278 Å². The highest BCUT2D eigenvalue weighted by Crippen LogP contribution is 2.22. The Labute approximate surface area is 378 Å². The zero-order valence-electron chi connectivity index (χ0n) is 33.3. The number of hydrogen-bond acceptors (Lipinski definition) is 20. The minimum atomic E-state index is -4.02. The number of thiol groups is 5. The van der Waals surface area contributed by atoms with Crippen LogP contribution in [-0.4, -0.2) is 150 Å². The number of rotatable bonds is 18. The van der Waals surface area contributed by atoms with Crippen molar-refractivity contribution in [2.75, 3.05) is 81.6 Å². The molecule has 0 aliphatic heterocycles. The standard InChI is InChI=1S/C13H20O8S4.C7H8O3S.C7H8.C5H12O4.C3H6.C2H4O2S/c14-9(1-22)18-5-13(6-19-10(15)2-23,7-20-11(16)3-24)8-21-12(17)4-25;1-6-2-4-7(5-3-6)11(8,9)10;1-7-5-3-2-4-6-7;6-1-5(2-7,3-8)4-9;1-2-3-1;3-2(4)1-5/h22-25H,1-8H2;2-5H,1H3,(H,8,9,10);2-6H,1H3;6-9H,1-4H2;1-3H2;5H,1H2,(H,3,4). The van der Waals surface area contributed by atoms with E-state index in [9.17, 15) is 32.4 Å². The lowest BCUT2D eigenvalue weighted by atomic mass is 9.92. The van der Waals surface area contributed by atoms with Gasteiger partial charge in [0.15, 0.2) is 0 Å². The van der Waals surface area contributed by atoms with Crippen LogP contribution in [0.2, 0.25) is 0 Å². The van der Waals surface area contributed by atoms with Gasteiger partial charge in [-0.15, -0.1) is 0 Å². The van der Waals surface area contributed by atoms with Gasteiger partial charge in [0.1, 0.15) is 31.8 Å². The summed E-state index contributed by atoms with van der Waals surface area (Å²) in [5, 5.41) is 41.6. The second kappa shape index (κ2) is 36.9. The van der Waals surface area contributed by atoms with Crippen molar-refractivity contribution in [3.63, 3.8) is 0 Å². The third-order valence-electron chi connectivity index (χ3n) is 6.76. The van der Waals surface area contributed by atoms with Gasteiger partial charge in [0.25, 0.3) is 10.1 Å². The normalized spacial score (nSPS) is 11.2. The van der Waals surface area contributed by atoms with E-state index in [4.69, 9.17) is 49.0 Å². The summed E-state index contributed by atoms with van der Waals surface area (Å²) < 4.78 is 49.6. The minimum absolute atomic E-state index is 0.0666. The number of carboxylic acids is 1. The number of ether oxygens (including phenoxy) is 4. The minimum Gasteiger partial charge on any atom is -0.481 e. The second-order valence-corrected chi connectivity index (χ2v) is 15.5. The molecule has 1 aliphatic carbocycles. The lowest BCUT2D eigenvalue weighted by Gasteiger charge is -2.31. The summed E-state index contributed by atoms with van der Waals surface area (Å²) >= 11 is 18.6. The van der Waals surface area contributed by atoms with E-state index in [0.717, 1.165) is 5.56 Å². The van der Waals surface area contributed by atoms with Crippen LogP contribution in [0.15, 0.2) is 59.5 Å². The molecule has 3 rings (SSSR count). The highest BCUT2D eigenvalue weighted by atomic mass is 32.2. The number of aryl methyl sites for hydroxylation is 2. The van der Waals surface area contributed by atoms with Crippen LogP contribution in [0.4, 0.5) is 0 Å². The first kappa shape index (κ1) is 61.6. The van der Waals surface area contributed by atoms with Crippen molar-refractivity contribution in [1.82, 2.24) is 0 Å². The SMILES string of the molecule is C1CC1.Cc1ccc(S(=O)(=O)O)cc1.Cc1ccccc1.O=C(CS)OCC(COC(=O)CS)(COC(=O)CS)COC(=O)CS.O=C(O)CS.OCC(CO)(CO)CO. The smallest absolute Gasteiger partial charge is 0.315 e. The molecule has 23 heteroatoms. The molecule has 0 unspecified atom stereocenters. The van der Waals surface area contributed by atoms with Gasteiger partial charge in [-0.25, -0.2) is 0 Å². The summed E-state index contributed by atoms with van der Waals surface area (Å²) in [6.07, 6.45) is 4.50. The fourth-order valence-electron chi connectivity index (χ4n) is 2.91. The van der Waals surface area contributed by atoms with Crippen molar-refractivity contribution in [2.45, 2.75) is 38.0 Å². The van der Waals surface area contributed by atoms with Gasteiger partial charge in [-0.3, -0.25) is 28.5 Å². The Morgan fingerprint density at radius 1 is 0.533 bits per heavy atom. The van der Waals surface area contributed by atoms with E-state index in [1.54, 1.807) is 12.1 Å². The lowest BCUT2D eigenvalue weighted by Crippen LogP contribution is -2.44. The summed E-state index contributed by atoms with van der Waals surface area (Å²) in [6.45, 7) is 0.990. The van der Waals surface area contributed by atoms with Gasteiger partial charge in [0, 0.05) is 0 Å². The van der Waals surface area contributed by atoms with E-state index >= 15 is 0 Å². The number of benzene rings is 2. The van der Waals surface area contributed by atoms with Crippen LogP contribution in [-0.2, 0) is 53.0 Å². The maximum Gasteiger partial charge on any atom is 0.315 e. The van der Waals surface area contributed by atoms with Gasteiger partial charge in [-0.05, 0) is 26.0 Å². The van der Waals surface area contributed by atoms with Crippen LogP contribution in [0.3, 0.4) is 0 Å². The molecule has 1 fully saturated rings. The first-order chi connectivity index (χ1) is 28.2. The molecule has 1 saturated carbocycles. The monoisotopic (exact) mass is 966 g/mol. The summed E-state index contributed by atoms with van der Waals surface area (Å²) in [4.78, 5) is 54.8. The van der Waals surface area contributed by atoms with E-state index in [-0.39, 0.29) is 60.1 Å². The van der Waals surface area contributed by atoms with E-state index in [1.165, 1.54) is 37.0 Å². The summed E-state index contributed by atoms with van der Waals surface area (Å²) in [7, 11) is -4.02. The highest BCUT2D eigenvalue weighted by molar-refractivity contribution is 7.85. The van der Waals surface area contributed by atoms with Crippen molar-refractivity contribution in [3.8, 4) is 0 Å². The molecule has 2 aromatic carbocycles. The quantitative estimate of drug-likeness (QED) is 0.0442. The van der Waals surface area contributed by atoms with Crippen molar-refractivity contribution < 1.29 is 81.4 Å². The number of aliphatic carboxylic acids is 1. The number of carboxylic acid groups (broad SMARTS) is 1. The Bertz CT molecular complexity index is 1470. The average molecular weight is 967 g/mol. The molecule has 60 heavy (non-hydrogen) atoms. The summed E-state index contributed by atoms with van der Waals surface area (Å²) in [6, 6.07) is 16.2. The zero-order valence-corrected chi connectivity index (χ0v) is 38.6. The van der Waals surface area contributed by atoms with Crippen molar-refractivity contribution >= 4 is 103 Å².